The van der Waals surface area contributed by atoms with Crippen LogP contribution >= 0.6 is 0 Å². The first kappa shape index (κ1) is 42.4. The number of likely N-dealkylation sites (tertiary alicyclic amines) is 2. The quantitative estimate of drug-likeness (QED) is 0.112. The van der Waals surface area contributed by atoms with E-state index in [4.69, 9.17) is 19.5 Å². The van der Waals surface area contributed by atoms with Gasteiger partial charge in [-0.3, -0.25) is 19.4 Å². The van der Waals surface area contributed by atoms with Gasteiger partial charge in [0.1, 0.15) is 17.9 Å². The van der Waals surface area contributed by atoms with Gasteiger partial charge >= 0.3 is 6.09 Å². The number of nitrogens with zero attached hydrogens (tertiary/aromatic N) is 4. The largest absolute Gasteiger partial charge is 0.453 e. The fourth-order valence-corrected chi connectivity index (χ4v) is 10.3. The molecule has 1 aliphatic carbocycles. The van der Waals surface area contributed by atoms with E-state index in [0.717, 1.165) is 86.4 Å². The third-order valence-corrected chi connectivity index (χ3v) is 13.9. The number of aromatic nitrogens is 2. The number of hydrogen-bond donors (Lipinski definition) is 3. The number of alkyl carbamates (subject to hydrolysis) is 1. The number of rotatable bonds is 12. The van der Waals surface area contributed by atoms with Crippen molar-refractivity contribution < 1.29 is 28.7 Å². The first-order valence-corrected chi connectivity index (χ1v) is 22.9. The smallest absolute Gasteiger partial charge is 0.407 e. The number of imidazole rings is 1. The normalized spacial score (nSPS) is 20.3. The molecule has 1 saturated carbocycles. The molecule has 13 heteroatoms. The van der Waals surface area contributed by atoms with E-state index < -0.39 is 18.2 Å². The molecule has 1 aromatic heterocycles. The summed E-state index contributed by atoms with van der Waals surface area (Å²) in [5.74, 6) is 0.390. The number of ether oxygens (including phenoxy) is 2. The average Bonchev–Trinajstić information content (AvgIpc) is 3.65. The fourth-order valence-electron chi connectivity index (χ4n) is 10.3. The third-order valence-electron chi connectivity index (χ3n) is 13.9. The molecule has 65 heavy (non-hydrogen) atoms. The minimum Gasteiger partial charge on any atom is -0.453 e. The maximum Gasteiger partial charge on any atom is 0.407 e. The zero-order valence-electron chi connectivity index (χ0n) is 37.3. The van der Waals surface area contributed by atoms with Gasteiger partial charge in [0.05, 0.1) is 42.5 Å². The van der Waals surface area contributed by atoms with E-state index in [1.54, 1.807) is 7.11 Å². The molecule has 6 aromatic rings. The first-order valence-electron chi connectivity index (χ1n) is 22.9. The van der Waals surface area contributed by atoms with E-state index in [1.807, 2.05) is 60.0 Å². The van der Waals surface area contributed by atoms with Crippen LogP contribution in [0.5, 0.6) is 0 Å². The first-order chi connectivity index (χ1) is 31.6. The summed E-state index contributed by atoms with van der Waals surface area (Å²) in [6.45, 7) is 5.45. The molecule has 3 N–H and O–H groups in total. The summed E-state index contributed by atoms with van der Waals surface area (Å²) in [5.41, 5.74) is 7.84. The van der Waals surface area contributed by atoms with Crippen LogP contribution in [-0.2, 0) is 30.3 Å². The third kappa shape index (κ3) is 8.11. The monoisotopic (exact) mass is 873 g/mol. The van der Waals surface area contributed by atoms with Gasteiger partial charge in [0, 0.05) is 49.6 Å². The Hall–Kier alpha value is -6.60. The molecule has 5 atom stereocenters. The van der Waals surface area contributed by atoms with Gasteiger partial charge in [0.25, 0.3) is 0 Å². The lowest BCUT2D eigenvalue weighted by Crippen LogP contribution is -2.51. The second kappa shape index (κ2) is 17.4. The Bertz CT molecular complexity index is 2870. The molecular formula is C52H55N7O6. The lowest BCUT2D eigenvalue weighted by atomic mass is 9.94. The van der Waals surface area contributed by atoms with Gasteiger partial charge in [-0.2, -0.15) is 0 Å². The van der Waals surface area contributed by atoms with Crippen LogP contribution in [0.4, 0.5) is 10.5 Å². The zero-order valence-corrected chi connectivity index (χ0v) is 37.3. The highest BCUT2D eigenvalue weighted by molar-refractivity contribution is 6.08. The highest BCUT2D eigenvalue weighted by Gasteiger charge is 2.43. The van der Waals surface area contributed by atoms with Crippen LogP contribution in [0.3, 0.4) is 0 Å². The maximum atomic E-state index is 14.3. The van der Waals surface area contributed by atoms with Gasteiger partial charge in [-0.25, -0.2) is 9.78 Å². The Morgan fingerprint density at radius 1 is 0.815 bits per heavy atom. The molecule has 5 aromatic carbocycles. The van der Waals surface area contributed by atoms with Crippen LogP contribution in [0.2, 0.25) is 0 Å². The average molecular weight is 874 g/mol. The van der Waals surface area contributed by atoms with Crippen molar-refractivity contribution in [2.24, 2.45) is 22.7 Å². The summed E-state index contributed by atoms with van der Waals surface area (Å²) in [6, 6.07) is 29.1. The van der Waals surface area contributed by atoms with E-state index in [2.05, 4.69) is 70.2 Å². The molecule has 3 fully saturated rings. The summed E-state index contributed by atoms with van der Waals surface area (Å²) in [5, 5.41) is 10.2. The van der Waals surface area contributed by atoms with Crippen molar-refractivity contribution in [1.29, 1.82) is 0 Å². The Morgan fingerprint density at radius 3 is 2.28 bits per heavy atom. The van der Waals surface area contributed by atoms with Crippen LogP contribution in [0.1, 0.15) is 75.0 Å². The van der Waals surface area contributed by atoms with E-state index in [-0.39, 0.29) is 47.6 Å². The number of nitrogens with one attached hydrogen (secondary N) is 3. The predicted octanol–water partition coefficient (Wildman–Crippen LogP) is 8.34. The summed E-state index contributed by atoms with van der Waals surface area (Å²) in [6.07, 6.45) is 4.19. The molecular weight excluding hydrogens is 819 g/mol. The molecule has 4 aliphatic rings. The van der Waals surface area contributed by atoms with Crippen molar-refractivity contribution >= 4 is 67.8 Å². The van der Waals surface area contributed by atoms with Crippen LogP contribution < -0.4 is 10.6 Å². The number of aromatic amines is 1. The number of benzene rings is 5. The van der Waals surface area contributed by atoms with E-state index in [9.17, 15) is 19.2 Å². The molecule has 0 unspecified atom stereocenters. The molecule has 334 valence electrons. The van der Waals surface area contributed by atoms with Gasteiger partial charge in [0.2, 0.25) is 17.7 Å². The Kier molecular flexibility index (Phi) is 11.3. The number of methoxy groups -OCH3 is 2. The summed E-state index contributed by atoms with van der Waals surface area (Å²) in [4.78, 5) is 71.2. The second-order valence-electron chi connectivity index (χ2n) is 18.5. The fraction of sp³-hybridized carbons (Fsp3) is 0.385. The van der Waals surface area contributed by atoms with Crippen molar-refractivity contribution in [2.75, 3.05) is 33.9 Å². The number of aliphatic imine (C=N–C) groups is 1. The zero-order chi connectivity index (χ0) is 44.9. The Labute approximate surface area is 378 Å². The summed E-state index contributed by atoms with van der Waals surface area (Å²) in [7, 11) is 2.97. The molecule has 0 bridgehead atoms. The second-order valence-corrected chi connectivity index (χ2v) is 18.5. The van der Waals surface area contributed by atoms with Crippen LogP contribution in [-0.4, -0.2) is 95.3 Å². The number of H-pyrrole nitrogens is 1. The predicted molar refractivity (Wildman–Crippen MR) is 251 cm³/mol. The van der Waals surface area contributed by atoms with Crippen molar-refractivity contribution in [2.45, 2.75) is 76.5 Å². The molecule has 4 amide bonds. The summed E-state index contributed by atoms with van der Waals surface area (Å²) < 4.78 is 10.4. The standard InChI is InChI=1S/C52H55N7O6/c1-29(2)45(57-52(63)65-4)50(61)59-27-30(28-64-3)23-44(59)48-54-41-21-17-36-25-34(15-19-38(36)47(41)55-48)33-14-18-37-35(24-33)16-20-40-39(37)26-42(53-40)43-11-8-22-58(43)51(62)46(31-9-6-5-7-10-31)56-49(60)32-12-13-32/h5-7,9-10,14-21,24-25,29-30,32,43-46H,8,11-13,22-23,26-28H2,1-4H3,(H,54,55)(H,56,60)(H,57,63)/t30-,43-,44-,45-,46+/m0/s1. The SMILES string of the molecule is COC[C@H]1C[C@@H](c2nc3c(ccc4cc(-c5ccc6c7c(ccc6c5)N=C([C@@H]5CCCN5C(=O)[C@H](NC(=O)C5CC5)c5ccccc5)C7)ccc43)[nH]2)N(C(=O)[C@@H](NC(=O)OC)C(C)C)C1. The highest BCUT2D eigenvalue weighted by Crippen LogP contribution is 2.41. The van der Waals surface area contributed by atoms with Crippen molar-refractivity contribution in [3.63, 3.8) is 0 Å². The van der Waals surface area contributed by atoms with Crippen LogP contribution in [0.25, 0.3) is 43.7 Å². The number of hydrogen-bond acceptors (Lipinski definition) is 8. The molecule has 0 radical (unpaired) electrons. The molecule has 2 saturated heterocycles. The van der Waals surface area contributed by atoms with E-state index in [0.29, 0.717) is 38.4 Å². The van der Waals surface area contributed by atoms with E-state index in [1.165, 1.54) is 12.7 Å². The van der Waals surface area contributed by atoms with Gasteiger partial charge in [-0.1, -0.05) is 80.6 Å². The van der Waals surface area contributed by atoms with E-state index >= 15 is 0 Å². The van der Waals surface area contributed by atoms with Gasteiger partial charge in [-0.15, -0.1) is 0 Å². The molecule has 0 spiro atoms. The highest BCUT2D eigenvalue weighted by atomic mass is 16.5. The lowest BCUT2D eigenvalue weighted by Gasteiger charge is -2.30. The van der Waals surface area contributed by atoms with Crippen LogP contribution in [0.15, 0.2) is 96.0 Å². The van der Waals surface area contributed by atoms with Crippen molar-refractivity contribution in [1.82, 2.24) is 30.4 Å². The van der Waals surface area contributed by atoms with Gasteiger partial charge in [0.15, 0.2) is 0 Å². The minimum atomic E-state index is -0.746. The Morgan fingerprint density at radius 2 is 1.55 bits per heavy atom. The lowest BCUT2D eigenvalue weighted by molar-refractivity contribution is -0.136. The molecule has 3 aliphatic heterocycles. The maximum absolute atomic E-state index is 14.3. The number of carbonyl (C=O) groups is 4. The van der Waals surface area contributed by atoms with Gasteiger partial charge in [-0.05, 0) is 101 Å². The number of fused-ring (bicyclic) bond motifs is 6. The summed E-state index contributed by atoms with van der Waals surface area (Å²) >= 11 is 0. The van der Waals surface area contributed by atoms with Crippen LogP contribution in [0, 0.1) is 17.8 Å². The topological polar surface area (TPSA) is 158 Å². The van der Waals surface area contributed by atoms with Gasteiger partial charge < -0.3 is 34.9 Å². The molecule has 4 heterocycles. The number of carbonyl (C=O) groups excluding carboxylic acids is 4. The molecule has 13 nitrogen and oxygen atoms in total. The van der Waals surface area contributed by atoms with Crippen molar-refractivity contribution in [3.8, 4) is 11.1 Å². The van der Waals surface area contributed by atoms with Crippen molar-refractivity contribution in [3.05, 3.63) is 108 Å². The Balaban J connectivity index is 0.883. The molecule has 10 rings (SSSR count). The minimum absolute atomic E-state index is 0.00250. The number of amides is 4.